The van der Waals surface area contributed by atoms with Crippen molar-refractivity contribution in [3.8, 4) is 0 Å². The largest absolute Gasteiger partial charge is 0.381 e. The molecule has 0 amide bonds. The number of hydrogen-bond donors (Lipinski definition) is 0. The fourth-order valence-electron chi connectivity index (χ4n) is 3.61. The summed E-state index contributed by atoms with van der Waals surface area (Å²) < 4.78 is 10.8. The van der Waals surface area contributed by atoms with Crippen LogP contribution >= 0.6 is 0 Å². The number of nitrogens with zero attached hydrogens (tertiary/aromatic N) is 4. The summed E-state index contributed by atoms with van der Waals surface area (Å²) in [6.07, 6.45) is 4.88. The van der Waals surface area contributed by atoms with E-state index in [0.29, 0.717) is 12.0 Å². The molecule has 3 heterocycles. The van der Waals surface area contributed by atoms with Crippen LogP contribution in [0.5, 0.6) is 0 Å². The van der Waals surface area contributed by atoms with Crippen molar-refractivity contribution in [1.82, 2.24) is 19.9 Å². The molecule has 122 valence electrons. The zero-order valence-electron chi connectivity index (χ0n) is 13.4. The van der Waals surface area contributed by atoms with E-state index in [1.54, 1.807) is 0 Å². The van der Waals surface area contributed by atoms with Crippen LogP contribution in [0.15, 0.2) is 4.52 Å². The van der Waals surface area contributed by atoms with E-state index in [4.69, 9.17) is 9.26 Å². The van der Waals surface area contributed by atoms with E-state index in [1.165, 1.54) is 38.8 Å². The molecule has 1 aromatic heterocycles. The predicted octanol–water partition coefficient (Wildman–Crippen LogP) is 1.49. The summed E-state index contributed by atoms with van der Waals surface area (Å²) >= 11 is 0. The molecular weight excluding hydrogens is 280 g/mol. The number of hydrogen-bond acceptors (Lipinski definition) is 6. The molecule has 22 heavy (non-hydrogen) atoms. The molecule has 4 rings (SSSR count). The molecule has 2 aliphatic heterocycles. The molecule has 0 aromatic carbocycles. The summed E-state index contributed by atoms with van der Waals surface area (Å²) in [6, 6.07) is 0.602. The molecule has 2 saturated heterocycles. The molecule has 6 heteroatoms. The van der Waals surface area contributed by atoms with Gasteiger partial charge in [0.25, 0.3) is 0 Å². The summed E-state index contributed by atoms with van der Waals surface area (Å²) in [4.78, 5) is 9.51. The van der Waals surface area contributed by atoms with Crippen LogP contribution in [0.25, 0.3) is 0 Å². The first kappa shape index (κ1) is 14.6. The average molecular weight is 306 g/mol. The molecule has 1 aliphatic carbocycles. The van der Waals surface area contributed by atoms with Crippen LogP contribution in [0.3, 0.4) is 0 Å². The van der Waals surface area contributed by atoms with Gasteiger partial charge in [0, 0.05) is 31.7 Å². The molecule has 0 radical (unpaired) electrons. The monoisotopic (exact) mass is 306 g/mol. The van der Waals surface area contributed by atoms with Gasteiger partial charge in [-0.1, -0.05) is 5.16 Å². The van der Waals surface area contributed by atoms with Crippen molar-refractivity contribution in [3.05, 3.63) is 11.7 Å². The van der Waals surface area contributed by atoms with Crippen molar-refractivity contribution >= 4 is 0 Å². The first-order valence-corrected chi connectivity index (χ1v) is 8.61. The van der Waals surface area contributed by atoms with E-state index in [0.717, 1.165) is 43.9 Å². The Morgan fingerprint density at radius 1 is 1.27 bits per heavy atom. The molecule has 3 fully saturated rings. The van der Waals surface area contributed by atoms with Crippen molar-refractivity contribution < 1.29 is 9.26 Å². The van der Waals surface area contributed by atoms with Gasteiger partial charge >= 0.3 is 0 Å². The molecule has 0 unspecified atom stereocenters. The number of ether oxygens (including phenoxy) is 1. The van der Waals surface area contributed by atoms with Gasteiger partial charge in [-0.15, -0.1) is 0 Å². The lowest BCUT2D eigenvalue weighted by atomic mass is 10.1. The summed E-state index contributed by atoms with van der Waals surface area (Å²) in [5, 5.41) is 4.13. The Hall–Kier alpha value is -0.980. The SMILES string of the molecule is CN(Cc1noc(C2CC2)n1)[C@H]1CCN(C[C@H]2CCOC2)C1. The van der Waals surface area contributed by atoms with E-state index >= 15 is 0 Å². The fourth-order valence-corrected chi connectivity index (χ4v) is 3.61. The van der Waals surface area contributed by atoms with Crippen LogP contribution in [0.4, 0.5) is 0 Å². The quantitative estimate of drug-likeness (QED) is 0.794. The highest BCUT2D eigenvalue weighted by Crippen LogP contribution is 2.38. The maximum absolute atomic E-state index is 5.48. The average Bonchev–Trinajstić information content (AvgIpc) is 2.96. The molecule has 6 nitrogen and oxygen atoms in total. The van der Waals surface area contributed by atoms with Crippen molar-refractivity contribution in [1.29, 1.82) is 0 Å². The normalized spacial score (nSPS) is 29.7. The Morgan fingerprint density at radius 2 is 2.18 bits per heavy atom. The first-order chi connectivity index (χ1) is 10.8. The number of rotatable bonds is 6. The number of likely N-dealkylation sites (N-methyl/N-ethyl adjacent to an activating group) is 1. The Kier molecular flexibility index (Phi) is 4.15. The minimum atomic E-state index is 0.544. The van der Waals surface area contributed by atoms with Gasteiger partial charge in [0.05, 0.1) is 13.2 Å². The third kappa shape index (κ3) is 3.34. The second kappa shape index (κ2) is 6.26. The van der Waals surface area contributed by atoms with Crippen LogP contribution in [0, 0.1) is 5.92 Å². The van der Waals surface area contributed by atoms with Crippen molar-refractivity contribution in [3.63, 3.8) is 0 Å². The third-order valence-electron chi connectivity index (χ3n) is 5.21. The van der Waals surface area contributed by atoms with Gasteiger partial charge in [-0.3, -0.25) is 4.90 Å². The molecule has 0 bridgehead atoms. The first-order valence-electron chi connectivity index (χ1n) is 8.61. The van der Waals surface area contributed by atoms with Crippen molar-refractivity contribution in [2.45, 2.75) is 44.2 Å². The minimum Gasteiger partial charge on any atom is -0.381 e. The Balaban J connectivity index is 1.26. The summed E-state index contributed by atoms with van der Waals surface area (Å²) in [5.74, 6) is 2.97. The number of likely N-dealkylation sites (tertiary alicyclic amines) is 1. The lowest BCUT2D eigenvalue weighted by Gasteiger charge is -2.24. The van der Waals surface area contributed by atoms with Crippen LogP contribution in [0.1, 0.15) is 43.3 Å². The lowest BCUT2D eigenvalue weighted by Crippen LogP contribution is -2.35. The molecule has 3 aliphatic rings. The van der Waals surface area contributed by atoms with Crippen LogP contribution in [-0.4, -0.2) is 65.9 Å². The van der Waals surface area contributed by atoms with Gasteiger partial charge in [-0.25, -0.2) is 0 Å². The van der Waals surface area contributed by atoms with E-state index < -0.39 is 0 Å². The molecule has 0 N–H and O–H groups in total. The molecular formula is C16H26N4O2. The van der Waals surface area contributed by atoms with Gasteiger partial charge in [-0.05, 0) is 45.2 Å². The minimum absolute atomic E-state index is 0.544. The fraction of sp³-hybridized carbons (Fsp3) is 0.875. The standard InChI is InChI=1S/C16H26N4O2/c1-19(10-15-17-16(22-18-15)13-2-3-13)14-4-6-20(9-14)8-12-5-7-21-11-12/h12-14H,2-11H2,1H3/t12-,14+/m1/s1. The molecule has 1 aromatic rings. The van der Waals surface area contributed by atoms with Gasteiger partial charge in [0.15, 0.2) is 5.82 Å². The highest BCUT2D eigenvalue weighted by atomic mass is 16.5. The van der Waals surface area contributed by atoms with Crippen LogP contribution in [-0.2, 0) is 11.3 Å². The molecule has 0 spiro atoms. The number of aromatic nitrogens is 2. The van der Waals surface area contributed by atoms with Gasteiger partial charge < -0.3 is 14.2 Å². The zero-order chi connectivity index (χ0) is 14.9. The van der Waals surface area contributed by atoms with E-state index in [9.17, 15) is 0 Å². The third-order valence-corrected chi connectivity index (χ3v) is 5.21. The van der Waals surface area contributed by atoms with E-state index in [2.05, 4.69) is 27.0 Å². The van der Waals surface area contributed by atoms with E-state index in [1.807, 2.05) is 0 Å². The van der Waals surface area contributed by atoms with Gasteiger partial charge in [-0.2, -0.15) is 4.98 Å². The summed E-state index contributed by atoms with van der Waals surface area (Å²) in [5.41, 5.74) is 0. The molecule has 1 saturated carbocycles. The Morgan fingerprint density at radius 3 is 2.95 bits per heavy atom. The predicted molar refractivity (Wildman–Crippen MR) is 81.5 cm³/mol. The second-order valence-electron chi connectivity index (χ2n) is 7.17. The smallest absolute Gasteiger partial charge is 0.229 e. The highest BCUT2D eigenvalue weighted by molar-refractivity contribution is 5.01. The maximum Gasteiger partial charge on any atom is 0.229 e. The topological polar surface area (TPSA) is 54.6 Å². The lowest BCUT2D eigenvalue weighted by molar-refractivity contribution is 0.168. The highest BCUT2D eigenvalue weighted by Gasteiger charge is 2.31. The van der Waals surface area contributed by atoms with Crippen LogP contribution < -0.4 is 0 Å². The second-order valence-corrected chi connectivity index (χ2v) is 7.17. The molecule has 2 atom stereocenters. The van der Waals surface area contributed by atoms with E-state index in [-0.39, 0.29) is 0 Å². The Bertz CT molecular complexity index is 496. The van der Waals surface area contributed by atoms with Crippen molar-refractivity contribution in [2.24, 2.45) is 5.92 Å². The maximum atomic E-state index is 5.48. The summed E-state index contributed by atoms with van der Waals surface area (Å²) in [7, 11) is 2.18. The Labute approximate surface area is 131 Å². The van der Waals surface area contributed by atoms with Crippen LogP contribution in [0.2, 0.25) is 0 Å². The van der Waals surface area contributed by atoms with Crippen molar-refractivity contribution in [2.75, 3.05) is 39.9 Å². The zero-order valence-corrected chi connectivity index (χ0v) is 13.4. The van der Waals surface area contributed by atoms with Gasteiger partial charge in [0.1, 0.15) is 0 Å². The van der Waals surface area contributed by atoms with Gasteiger partial charge in [0.2, 0.25) is 5.89 Å². The summed E-state index contributed by atoms with van der Waals surface area (Å²) in [6.45, 7) is 6.23.